The van der Waals surface area contributed by atoms with E-state index in [-0.39, 0.29) is 11.3 Å². The van der Waals surface area contributed by atoms with Crippen molar-refractivity contribution in [1.82, 2.24) is 4.31 Å². The molecular formula is C11H13BrClNO2S. The summed E-state index contributed by atoms with van der Waals surface area (Å²) in [6.07, 6.45) is 1.86. The fourth-order valence-corrected chi connectivity index (χ4v) is 3.59. The molecule has 3 nitrogen and oxygen atoms in total. The maximum atomic E-state index is 11.9. The second-order valence-corrected chi connectivity index (χ2v) is 7.45. The SMILES string of the molecule is O=S(=O)(CCl)N(Cc1ccccc1Br)C1CC1. The van der Waals surface area contributed by atoms with E-state index in [4.69, 9.17) is 11.6 Å². The zero-order chi connectivity index (χ0) is 12.5. The van der Waals surface area contributed by atoms with Gasteiger partial charge in [-0.2, -0.15) is 4.31 Å². The molecule has 0 N–H and O–H groups in total. The van der Waals surface area contributed by atoms with Crippen molar-refractivity contribution >= 4 is 37.6 Å². The molecule has 1 fully saturated rings. The Labute approximate surface area is 115 Å². The Bertz CT molecular complexity index is 502. The predicted molar refractivity (Wildman–Crippen MR) is 72.3 cm³/mol. The molecule has 0 unspecified atom stereocenters. The molecule has 2 rings (SSSR count). The fourth-order valence-electron chi connectivity index (χ4n) is 1.67. The molecule has 0 aromatic heterocycles. The van der Waals surface area contributed by atoms with Gasteiger partial charge in [-0.25, -0.2) is 8.42 Å². The molecular weight excluding hydrogens is 326 g/mol. The number of sulfonamides is 1. The van der Waals surface area contributed by atoms with Crippen LogP contribution in [0, 0.1) is 0 Å². The number of benzene rings is 1. The van der Waals surface area contributed by atoms with Gasteiger partial charge in [-0.1, -0.05) is 34.1 Å². The van der Waals surface area contributed by atoms with Crippen molar-refractivity contribution in [1.29, 1.82) is 0 Å². The molecule has 94 valence electrons. The van der Waals surface area contributed by atoms with Crippen molar-refractivity contribution in [2.24, 2.45) is 0 Å². The topological polar surface area (TPSA) is 37.4 Å². The summed E-state index contributed by atoms with van der Waals surface area (Å²) < 4.78 is 26.2. The summed E-state index contributed by atoms with van der Waals surface area (Å²) >= 11 is 8.95. The molecule has 1 aliphatic carbocycles. The van der Waals surface area contributed by atoms with E-state index in [2.05, 4.69) is 15.9 Å². The van der Waals surface area contributed by atoms with Gasteiger partial charge in [0.15, 0.2) is 0 Å². The first-order valence-corrected chi connectivity index (χ1v) is 8.27. The largest absolute Gasteiger partial charge is 0.228 e. The van der Waals surface area contributed by atoms with E-state index in [0.29, 0.717) is 6.54 Å². The number of nitrogens with zero attached hydrogens (tertiary/aromatic N) is 1. The number of hydrogen-bond acceptors (Lipinski definition) is 2. The molecule has 1 aromatic carbocycles. The fraction of sp³-hybridized carbons (Fsp3) is 0.455. The zero-order valence-electron chi connectivity index (χ0n) is 9.14. The summed E-state index contributed by atoms with van der Waals surface area (Å²) in [5, 5.41) is -0.353. The van der Waals surface area contributed by atoms with E-state index in [9.17, 15) is 8.42 Å². The highest BCUT2D eigenvalue weighted by atomic mass is 79.9. The molecule has 0 spiro atoms. The first-order chi connectivity index (χ1) is 8.04. The molecule has 1 aliphatic rings. The highest BCUT2D eigenvalue weighted by Crippen LogP contribution is 2.32. The Morgan fingerprint density at radius 3 is 2.53 bits per heavy atom. The van der Waals surface area contributed by atoms with Gasteiger partial charge in [-0.15, -0.1) is 11.6 Å². The third-order valence-electron chi connectivity index (χ3n) is 2.73. The predicted octanol–water partition coefficient (Wildman–Crippen LogP) is 2.94. The molecule has 0 amide bonds. The molecule has 0 atom stereocenters. The van der Waals surface area contributed by atoms with E-state index in [1.54, 1.807) is 0 Å². The van der Waals surface area contributed by atoms with Crippen molar-refractivity contribution < 1.29 is 8.42 Å². The Hall–Kier alpha value is -0.100. The van der Waals surface area contributed by atoms with E-state index < -0.39 is 10.0 Å². The van der Waals surface area contributed by atoms with Crippen molar-refractivity contribution in [3.05, 3.63) is 34.3 Å². The Kier molecular flexibility index (Phi) is 4.13. The van der Waals surface area contributed by atoms with Crippen LogP contribution < -0.4 is 0 Å². The van der Waals surface area contributed by atoms with Crippen LogP contribution in [0.4, 0.5) is 0 Å². The molecule has 1 saturated carbocycles. The van der Waals surface area contributed by atoms with Crippen LogP contribution in [0.25, 0.3) is 0 Å². The average Bonchev–Trinajstić information content (AvgIpc) is 3.12. The van der Waals surface area contributed by atoms with Crippen LogP contribution in [0.15, 0.2) is 28.7 Å². The zero-order valence-corrected chi connectivity index (χ0v) is 12.3. The molecule has 0 bridgehead atoms. The lowest BCUT2D eigenvalue weighted by molar-refractivity contribution is 0.401. The molecule has 17 heavy (non-hydrogen) atoms. The van der Waals surface area contributed by atoms with Crippen LogP contribution in [0.2, 0.25) is 0 Å². The van der Waals surface area contributed by atoms with E-state index in [0.717, 1.165) is 22.9 Å². The van der Waals surface area contributed by atoms with Crippen LogP contribution in [0.3, 0.4) is 0 Å². The summed E-state index contributed by atoms with van der Waals surface area (Å²) in [5.74, 6) is 0. The summed E-state index contributed by atoms with van der Waals surface area (Å²) in [6, 6.07) is 7.77. The molecule has 0 radical (unpaired) electrons. The lowest BCUT2D eigenvalue weighted by atomic mass is 10.2. The van der Waals surface area contributed by atoms with Crippen molar-refractivity contribution in [3.8, 4) is 0 Å². The lowest BCUT2D eigenvalue weighted by Gasteiger charge is -2.21. The lowest BCUT2D eigenvalue weighted by Crippen LogP contribution is -2.33. The third-order valence-corrected chi connectivity index (χ3v) is 5.75. The van der Waals surface area contributed by atoms with Crippen LogP contribution in [-0.2, 0) is 16.6 Å². The summed E-state index contributed by atoms with van der Waals surface area (Å²) in [6.45, 7) is 0.390. The monoisotopic (exact) mass is 337 g/mol. The quantitative estimate of drug-likeness (QED) is 0.774. The van der Waals surface area contributed by atoms with Crippen molar-refractivity contribution in [2.75, 3.05) is 5.21 Å². The summed E-state index contributed by atoms with van der Waals surface area (Å²) in [4.78, 5) is 0. The van der Waals surface area contributed by atoms with Gasteiger partial charge in [0.2, 0.25) is 10.0 Å². The minimum absolute atomic E-state index is 0.130. The highest BCUT2D eigenvalue weighted by Gasteiger charge is 2.36. The van der Waals surface area contributed by atoms with Crippen molar-refractivity contribution in [3.63, 3.8) is 0 Å². The van der Waals surface area contributed by atoms with Gasteiger partial charge in [0.1, 0.15) is 5.21 Å². The van der Waals surface area contributed by atoms with Gasteiger partial charge < -0.3 is 0 Å². The summed E-state index contributed by atoms with van der Waals surface area (Å²) in [7, 11) is -3.33. The van der Waals surface area contributed by atoms with Gasteiger partial charge in [-0.3, -0.25) is 0 Å². The number of rotatable bonds is 5. The van der Waals surface area contributed by atoms with E-state index in [1.807, 2.05) is 24.3 Å². The smallest absolute Gasteiger partial charge is 0.211 e. The highest BCUT2D eigenvalue weighted by molar-refractivity contribution is 9.10. The van der Waals surface area contributed by atoms with Crippen LogP contribution in [0.1, 0.15) is 18.4 Å². The Morgan fingerprint density at radius 2 is 2.00 bits per heavy atom. The Morgan fingerprint density at radius 1 is 1.35 bits per heavy atom. The van der Waals surface area contributed by atoms with Gasteiger partial charge in [0, 0.05) is 17.1 Å². The van der Waals surface area contributed by atoms with E-state index >= 15 is 0 Å². The van der Waals surface area contributed by atoms with Crippen LogP contribution >= 0.6 is 27.5 Å². The molecule has 6 heteroatoms. The first kappa shape index (κ1) is 13.3. The van der Waals surface area contributed by atoms with E-state index in [1.165, 1.54) is 4.31 Å². The minimum atomic E-state index is -3.33. The van der Waals surface area contributed by atoms with Gasteiger partial charge in [0.25, 0.3) is 0 Å². The number of hydrogen-bond donors (Lipinski definition) is 0. The second-order valence-electron chi connectivity index (χ2n) is 4.09. The molecule has 1 aromatic rings. The summed E-state index contributed by atoms with van der Waals surface area (Å²) in [5.41, 5.74) is 0.966. The Balaban J connectivity index is 2.22. The standard InChI is InChI=1S/C11H13BrClNO2S/c12-11-4-2-1-3-9(11)7-14(10-5-6-10)17(15,16)8-13/h1-4,10H,5-8H2. The average molecular weight is 339 g/mol. The second kappa shape index (κ2) is 5.26. The van der Waals surface area contributed by atoms with Crippen LogP contribution in [-0.4, -0.2) is 24.0 Å². The van der Waals surface area contributed by atoms with Gasteiger partial charge in [0.05, 0.1) is 0 Å². The normalized spacial score (nSPS) is 16.4. The molecule has 0 saturated heterocycles. The molecule has 0 heterocycles. The van der Waals surface area contributed by atoms with Gasteiger partial charge in [-0.05, 0) is 24.5 Å². The maximum absolute atomic E-state index is 11.9. The maximum Gasteiger partial charge on any atom is 0.228 e. The van der Waals surface area contributed by atoms with Crippen molar-refractivity contribution in [2.45, 2.75) is 25.4 Å². The number of halogens is 2. The molecule has 0 aliphatic heterocycles. The first-order valence-electron chi connectivity index (χ1n) is 5.33. The minimum Gasteiger partial charge on any atom is -0.211 e. The third kappa shape index (κ3) is 3.22. The van der Waals surface area contributed by atoms with Crippen LogP contribution in [0.5, 0.6) is 0 Å². The number of alkyl halides is 1. The van der Waals surface area contributed by atoms with Gasteiger partial charge >= 0.3 is 0 Å².